The van der Waals surface area contributed by atoms with Gasteiger partial charge in [0.1, 0.15) is 11.4 Å². The number of anilines is 1. The molecule has 0 radical (unpaired) electrons. The van der Waals surface area contributed by atoms with Gasteiger partial charge in [0.25, 0.3) is 0 Å². The van der Waals surface area contributed by atoms with Gasteiger partial charge in [-0.25, -0.2) is 9.97 Å². The molecule has 30 heavy (non-hydrogen) atoms. The maximum absolute atomic E-state index is 12.6. The third-order valence-electron chi connectivity index (χ3n) is 4.60. The fourth-order valence-corrected chi connectivity index (χ4v) is 3.48. The van der Waals surface area contributed by atoms with Gasteiger partial charge >= 0.3 is 6.01 Å². The maximum atomic E-state index is 12.6. The Morgan fingerprint density at radius 1 is 1.03 bits per heavy atom. The van der Waals surface area contributed by atoms with Crippen LogP contribution in [0.2, 0.25) is 0 Å². The topological polar surface area (TPSA) is 90.1 Å². The Morgan fingerprint density at radius 3 is 2.57 bits per heavy atom. The second-order valence-corrected chi connectivity index (χ2v) is 7.37. The molecule has 0 fully saturated rings. The van der Waals surface area contributed by atoms with Crippen LogP contribution in [0.15, 0.2) is 47.0 Å². The molecule has 7 heteroatoms. The van der Waals surface area contributed by atoms with E-state index in [1.165, 1.54) is 0 Å². The molecule has 2 aromatic heterocycles. The zero-order valence-corrected chi connectivity index (χ0v) is 17.3. The minimum absolute atomic E-state index is 0.113. The first-order valence-electron chi connectivity index (χ1n) is 9.63. The Labute approximate surface area is 174 Å². The van der Waals surface area contributed by atoms with Gasteiger partial charge in [-0.1, -0.05) is 17.3 Å². The van der Waals surface area contributed by atoms with Gasteiger partial charge in [0.15, 0.2) is 5.58 Å². The first-order valence-corrected chi connectivity index (χ1v) is 9.63. The van der Waals surface area contributed by atoms with E-state index >= 15 is 0 Å². The second kappa shape index (κ2) is 7.94. The molecule has 0 aliphatic rings. The van der Waals surface area contributed by atoms with Gasteiger partial charge in [0, 0.05) is 28.5 Å². The summed E-state index contributed by atoms with van der Waals surface area (Å²) in [6.07, 6.45) is 0.113. The number of aryl methyl sites for hydroxylation is 4. The molecule has 152 valence electrons. The smallest absolute Gasteiger partial charge is 0.322 e. The summed E-state index contributed by atoms with van der Waals surface area (Å²) in [6.45, 7) is 7.76. The van der Waals surface area contributed by atoms with Crippen LogP contribution in [-0.4, -0.2) is 21.0 Å². The van der Waals surface area contributed by atoms with Crippen LogP contribution >= 0.6 is 0 Å². The first-order chi connectivity index (χ1) is 14.4. The molecule has 1 N–H and O–H groups in total. The standard InChI is InChI=1S/C23H22N4O3/c1-13-8-14(2)22-19(27-30-20(22)9-13)12-21(28)26-17-6-5-7-18(11-17)29-23-24-15(3)10-16(4)25-23/h5-11H,12H2,1-4H3,(H,26,28). The van der Waals surface area contributed by atoms with Gasteiger partial charge in [0.05, 0.1) is 6.42 Å². The molecule has 0 saturated heterocycles. The average Bonchev–Trinajstić information content (AvgIpc) is 3.03. The van der Waals surface area contributed by atoms with Crippen LogP contribution in [-0.2, 0) is 11.2 Å². The van der Waals surface area contributed by atoms with Crippen molar-refractivity contribution < 1.29 is 14.1 Å². The van der Waals surface area contributed by atoms with E-state index in [0.717, 1.165) is 27.9 Å². The average molecular weight is 402 g/mol. The highest BCUT2D eigenvalue weighted by molar-refractivity contribution is 5.95. The minimum atomic E-state index is -0.190. The molecule has 0 spiro atoms. The number of aromatic nitrogens is 3. The molecule has 0 bridgehead atoms. The largest absolute Gasteiger partial charge is 0.424 e. The lowest BCUT2D eigenvalue weighted by Gasteiger charge is -2.08. The summed E-state index contributed by atoms with van der Waals surface area (Å²) >= 11 is 0. The fraction of sp³-hybridized carbons (Fsp3) is 0.217. The predicted octanol–water partition coefficient (Wildman–Crippen LogP) is 4.82. The van der Waals surface area contributed by atoms with Gasteiger partial charge in [-0.2, -0.15) is 0 Å². The number of ether oxygens (including phenoxy) is 1. The molecular weight excluding hydrogens is 380 g/mol. The summed E-state index contributed by atoms with van der Waals surface area (Å²) in [5.74, 6) is 0.348. The van der Waals surface area contributed by atoms with E-state index in [1.54, 1.807) is 24.3 Å². The Kier molecular flexibility index (Phi) is 5.18. The number of carbonyl (C=O) groups is 1. The van der Waals surface area contributed by atoms with Crippen molar-refractivity contribution >= 4 is 22.6 Å². The van der Waals surface area contributed by atoms with Crippen LogP contribution in [0.5, 0.6) is 11.8 Å². The summed E-state index contributed by atoms with van der Waals surface area (Å²) in [5, 5.41) is 7.86. The molecule has 2 heterocycles. The predicted molar refractivity (Wildman–Crippen MR) is 114 cm³/mol. The van der Waals surface area contributed by atoms with Gasteiger partial charge < -0.3 is 14.6 Å². The van der Waals surface area contributed by atoms with Crippen LogP contribution in [0.1, 0.15) is 28.2 Å². The minimum Gasteiger partial charge on any atom is -0.424 e. The summed E-state index contributed by atoms with van der Waals surface area (Å²) < 4.78 is 11.2. The van der Waals surface area contributed by atoms with Crippen molar-refractivity contribution in [1.82, 2.24) is 15.1 Å². The third-order valence-corrected chi connectivity index (χ3v) is 4.60. The zero-order valence-electron chi connectivity index (χ0n) is 17.3. The van der Waals surface area contributed by atoms with Crippen LogP contribution in [0.3, 0.4) is 0 Å². The molecule has 0 aliphatic carbocycles. The van der Waals surface area contributed by atoms with Gasteiger partial charge in [-0.05, 0) is 63.1 Å². The maximum Gasteiger partial charge on any atom is 0.322 e. The third kappa shape index (κ3) is 4.30. The van der Waals surface area contributed by atoms with Crippen molar-refractivity contribution in [1.29, 1.82) is 0 Å². The number of fused-ring (bicyclic) bond motifs is 1. The van der Waals surface area contributed by atoms with Crippen molar-refractivity contribution in [3.63, 3.8) is 0 Å². The van der Waals surface area contributed by atoms with Crippen molar-refractivity contribution in [2.75, 3.05) is 5.32 Å². The quantitative estimate of drug-likeness (QED) is 0.514. The Bertz CT molecular complexity index is 1230. The van der Waals surface area contributed by atoms with Crippen LogP contribution < -0.4 is 10.1 Å². The fourth-order valence-electron chi connectivity index (χ4n) is 3.48. The molecule has 2 aromatic carbocycles. The number of nitrogens with one attached hydrogen (secondary N) is 1. The number of amides is 1. The summed E-state index contributed by atoms with van der Waals surface area (Å²) in [4.78, 5) is 21.1. The van der Waals surface area contributed by atoms with Gasteiger partial charge in [0.2, 0.25) is 5.91 Å². The number of nitrogens with zero attached hydrogens (tertiary/aromatic N) is 3. The van der Waals surface area contributed by atoms with Crippen molar-refractivity contribution in [3.8, 4) is 11.8 Å². The Balaban J connectivity index is 1.48. The molecule has 0 unspecified atom stereocenters. The van der Waals surface area contributed by atoms with E-state index < -0.39 is 0 Å². The van der Waals surface area contributed by atoms with E-state index in [9.17, 15) is 4.79 Å². The molecule has 4 rings (SSSR count). The number of rotatable bonds is 5. The molecular formula is C23H22N4O3. The van der Waals surface area contributed by atoms with E-state index in [-0.39, 0.29) is 18.3 Å². The van der Waals surface area contributed by atoms with Crippen molar-refractivity contribution in [3.05, 3.63) is 70.7 Å². The summed E-state index contributed by atoms with van der Waals surface area (Å²) in [5.41, 5.74) is 5.71. The van der Waals surface area contributed by atoms with E-state index in [0.29, 0.717) is 22.7 Å². The van der Waals surface area contributed by atoms with Gasteiger partial charge in [-0.15, -0.1) is 0 Å². The molecule has 0 aliphatic heterocycles. The van der Waals surface area contributed by atoms with E-state index in [4.69, 9.17) is 9.26 Å². The first kappa shape index (κ1) is 19.6. The molecule has 1 amide bonds. The SMILES string of the molecule is Cc1cc(C)c2c(CC(=O)Nc3cccc(Oc4nc(C)cc(C)n4)c3)noc2c1. The highest BCUT2D eigenvalue weighted by Crippen LogP contribution is 2.25. The Morgan fingerprint density at radius 2 is 1.80 bits per heavy atom. The number of hydrogen-bond donors (Lipinski definition) is 1. The van der Waals surface area contributed by atoms with Gasteiger partial charge in [-0.3, -0.25) is 4.79 Å². The van der Waals surface area contributed by atoms with Crippen molar-refractivity contribution in [2.24, 2.45) is 0 Å². The number of carbonyl (C=O) groups excluding carboxylic acids is 1. The normalized spacial score (nSPS) is 10.9. The van der Waals surface area contributed by atoms with Crippen LogP contribution in [0.25, 0.3) is 11.0 Å². The molecule has 0 saturated carbocycles. The highest BCUT2D eigenvalue weighted by atomic mass is 16.5. The van der Waals surface area contributed by atoms with Crippen LogP contribution in [0.4, 0.5) is 5.69 Å². The Hall–Kier alpha value is -3.74. The van der Waals surface area contributed by atoms with Crippen LogP contribution in [0, 0.1) is 27.7 Å². The molecule has 4 aromatic rings. The summed E-state index contributed by atoms with van der Waals surface area (Å²) in [7, 11) is 0. The molecule has 7 nitrogen and oxygen atoms in total. The number of hydrogen-bond acceptors (Lipinski definition) is 6. The zero-order chi connectivity index (χ0) is 21.3. The number of benzene rings is 2. The van der Waals surface area contributed by atoms with E-state index in [2.05, 4.69) is 26.5 Å². The van der Waals surface area contributed by atoms with E-state index in [1.807, 2.05) is 39.8 Å². The highest BCUT2D eigenvalue weighted by Gasteiger charge is 2.15. The summed E-state index contributed by atoms with van der Waals surface area (Å²) in [6, 6.07) is 13.2. The lowest BCUT2D eigenvalue weighted by atomic mass is 10.0. The lowest BCUT2D eigenvalue weighted by Crippen LogP contribution is -2.14. The van der Waals surface area contributed by atoms with Crippen molar-refractivity contribution in [2.45, 2.75) is 34.1 Å². The lowest BCUT2D eigenvalue weighted by molar-refractivity contribution is -0.115. The monoisotopic (exact) mass is 402 g/mol. The second-order valence-electron chi connectivity index (χ2n) is 7.37. The molecule has 0 atom stereocenters.